The Morgan fingerprint density at radius 2 is 1.59 bits per heavy atom. The Morgan fingerprint density at radius 1 is 1.12 bits per heavy atom. The number of hydrogen-bond donors (Lipinski definition) is 3. The predicted octanol–water partition coefficient (Wildman–Crippen LogP) is -1.91. The van der Waals surface area contributed by atoms with Gasteiger partial charge in [-0.15, -0.1) is 0 Å². The van der Waals surface area contributed by atoms with Crippen LogP contribution in [0, 0.1) is 176 Å². The van der Waals surface area contributed by atoms with Crippen molar-refractivity contribution < 1.29 is 201 Å². The Morgan fingerprint density at radius 3 is 1.94 bits per heavy atom. The summed E-state index contributed by atoms with van der Waals surface area (Å²) >= 11 is 0. The monoisotopic (exact) mass is 1100 g/mol. The van der Waals surface area contributed by atoms with Gasteiger partial charge in [-0.1, -0.05) is 6.04 Å². The first-order valence-corrected chi connectivity index (χ1v) is 3.90. The SMILES string of the molecule is [Ac].[Ac].[Ac].[Ac].[NH-]C1C(C=O)OC(CO)C(O)C1O. The van der Waals surface area contributed by atoms with Gasteiger partial charge in [0.25, 0.3) is 0 Å². The molecule has 1 fully saturated rings. The van der Waals surface area contributed by atoms with E-state index in [4.69, 9.17) is 15.6 Å². The molecule has 0 aromatic rings. The van der Waals surface area contributed by atoms with Crippen molar-refractivity contribution in [3.63, 3.8) is 0 Å². The second-order valence-electron chi connectivity index (χ2n) is 2.96. The molecule has 5 atom stereocenters. The van der Waals surface area contributed by atoms with Crippen molar-refractivity contribution >= 4 is 6.29 Å². The third-order valence-corrected chi connectivity index (χ3v) is 2.10. The van der Waals surface area contributed by atoms with Gasteiger partial charge in [0.15, 0.2) is 0 Å². The smallest absolute Gasteiger partial charge is 0.147 e. The van der Waals surface area contributed by atoms with Crippen LogP contribution in [0.15, 0.2) is 0 Å². The molecule has 1 rings (SSSR count). The van der Waals surface area contributed by atoms with E-state index < -0.39 is 37.1 Å². The average molecular weight is 1100 g/mol. The maximum atomic E-state index is 10.4. The fraction of sp³-hybridized carbons (Fsp3) is 0.857. The fourth-order valence-corrected chi connectivity index (χ4v) is 1.26. The predicted molar refractivity (Wildman–Crippen MR) is 41.9 cm³/mol. The molecular weight excluding hydrogens is 1090 g/mol. The van der Waals surface area contributed by atoms with Gasteiger partial charge in [-0.2, -0.15) is 0 Å². The van der Waals surface area contributed by atoms with E-state index in [9.17, 15) is 15.0 Å². The zero-order valence-electron chi connectivity index (χ0n) is 9.14. The molecule has 0 aromatic carbocycles. The third kappa shape index (κ3) is 9.19. The molecule has 0 bridgehead atoms. The summed E-state index contributed by atoms with van der Waals surface area (Å²) in [5.41, 5.74) is 7.28. The van der Waals surface area contributed by atoms with Crippen molar-refractivity contribution in [3.05, 3.63) is 5.73 Å². The standard InChI is InChI=1S/C7H12NO5.4Ac/c8-5-3(1-9)13-4(2-10)6(11)7(5)12;;;;/h1,3-8,10-12H,2H2;;;;/q-1;;;;. The fourth-order valence-electron chi connectivity index (χ4n) is 1.26. The molecule has 0 saturated carbocycles. The van der Waals surface area contributed by atoms with Crippen LogP contribution in [0.2, 0.25) is 0 Å². The Labute approximate surface area is 243 Å². The summed E-state index contributed by atoms with van der Waals surface area (Å²) in [6.45, 7) is -0.491. The van der Waals surface area contributed by atoms with Crippen molar-refractivity contribution in [1.82, 2.24) is 0 Å². The van der Waals surface area contributed by atoms with Crippen LogP contribution in [0.1, 0.15) is 0 Å². The van der Waals surface area contributed by atoms with Gasteiger partial charge in [0.2, 0.25) is 0 Å². The van der Waals surface area contributed by atoms with Crippen LogP contribution < -0.4 is 0 Å². The molecule has 4 radical (unpaired) electrons. The van der Waals surface area contributed by atoms with Crippen molar-refractivity contribution in [2.45, 2.75) is 30.5 Å². The maximum Gasteiger partial charge on any atom is 0.147 e. The molecule has 1 aliphatic rings. The van der Waals surface area contributed by atoms with E-state index in [1.54, 1.807) is 0 Å². The summed E-state index contributed by atoms with van der Waals surface area (Å²) in [6, 6.07) is -1.20. The van der Waals surface area contributed by atoms with Crippen molar-refractivity contribution in [3.8, 4) is 0 Å². The summed E-state index contributed by atoms with van der Waals surface area (Å²) in [5.74, 6) is 0. The van der Waals surface area contributed by atoms with E-state index in [0.29, 0.717) is 6.29 Å². The van der Waals surface area contributed by atoms with E-state index in [1.807, 2.05) is 0 Å². The normalized spacial score (nSPS) is 35.2. The Hall–Kier alpha value is 5.24. The molecule has 88 valence electrons. The first-order chi connectivity index (χ1) is 6.11. The molecule has 17 heavy (non-hydrogen) atoms. The van der Waals surface area contributed by atoms with Gasteiger partial charge >= 0.3 is 0 Å². The Kier molecular flexibility index (Phi) is 28.6. The molecule has 0 spiro atoms. The van der Waals surface area contributed by atoms with Gasteiger partial charge in [-0.25, -0.2) is 0 Å². The zero-order valence-corrected chi connectivity index (χ0v) is 28.1. The summed E-state index contributed by atoms with van der Waals surface area (Å²) in [7, 11) is 0. The van der Waals surface area contributed by atoms with Crippen LogP contribution in [0.25, 0.3) is 5.73 Å². The van der Waals surface area contributed by atoms with Crippen LogP contribution in [0.5, 0.6) is 0 Å². The number of ether oxygens (including phenoxy) is 1. The number of aliphatic hydroxyl groups excluding tert-OH is 3. The molecule has 1 heterocycles. The molecular formula is C7H12Ac4NO5-. The average Bonchev–Trinajstić information content (AvgIpc) is 2.15. The van der Waals surface area contributed by atoms with E-state index in [2.05, 4.69) is 0 Å². The molecule has 1 saturated heterocycles. The van der Waals surface area contributed by atoms with E-state index in [-0.39, 0.29) is 176 Å². The molecule has 0 aliphatic carbocycles. The Bertz CT molecular complexity index is 199. The summed E-state index contributed by atoms with van der Waals surface area (Å²) in [5, 5.41) is 27.2. The third-order valence-electron chi connectivity index (χ3n) is 2.10. The second kappa shape index (κ2) is 16.1. The molecule has 1 aliphatic heterocycles. The minimum absolute atomic E-state index is 0. The quantitative estimate of drug-likeness (QED) is 0.280. The minimum atomic E-state index is -1.36. The summed E-state index contributed by atoms with van der Waals surface area (Å²) < 4.78 is 4.86. The van der Waals surface area contributed by atoms with Gasteiger partial charge in [0.1, 0.15) is 18.5 Å². The van der Waals surface area contributed by atoms with Crippen LogP contribution >= 0.6 is 0 Å². The summed E-state index contributed by atoms with van der Waals surface area (Å²) in [4.78, 5) is 10.4. The number of rotatable bonds is 2. The van der Waals surface area contributed by atoms with Crippen LogP contribution in [0.4, 0.5) is 0 Å². The number of carbonyl (C=O) groups excluding carboxylic acids is 1. The molecule has 4 N–H and O–H groups in total. The first-order valence-electron chi connectivity index (χ1n) is 3.90. The van der Waals surface area contributed by atoms with E-state index >= 15 is 0 Å². The van der Waals surface area contributed by atoms with Crippen LogP contribution in [0.3, 0.4) is 0 Å². The van der Waals surface area contributed by atoms with Crippen LogP contribution in [-0.2, 0) is 9.53 Å². The number of aliphatic hydroxyl groups is 3. The number of hydrogen-bond acceptors (Lipinski definition) is 5. The van der Waals surface area contributed by atoms with Gasteiger partial charge in [0.05, 0.1) is 18.8 Å². The largest absolute Gasteiger partial charge is 0.670 e. The first kappa shape index (κ1) is 30.2. The van der Waals surface area contributed by atoms with Gasteiger partial charge in [0, 0.05) is 176 Å². The maximum absolute atomic E-state index is 10.4. The topological polar surface area (TPSA) is 111 Å². The van der Waals surface area contributed by atoms with Crippen molar-refractivity contribution in [1.29, 1.82) is 0 Å². The minimum Gasteiger partial charge on any atom is -0.670 e. The number of nitrogens with one attached hydrogen (secondary N) is 1. The van der Waals surface area contributed by atoms with E-state index in [0.717, 1.165) is 0 Å². The summed E-state index contributed by atoms with van der Waals surface area (Å²) in [6.07, 6.45) is -4.37. The van der Waals surface area contributed by atoms with Gasteiger partial charge < -0.3 is 30.6 Å². The molecule has 5 unspecified atom stereocenters. The van der Waals surface area contributed by atoms with E-state index in [1.165, 1.54) is 0 Å². The molecule has 0 aromatic heterocycles. The van der Waals surface area contributed by atoms with Gasteiger partial charge in [-0.05, 0) is 0 Å². The zero-order chi connectivity index (χ0) is 10.0. The number of aldehydes is 1. The van der Waals surface area contributed by atoms with Crippen LogP contribution in [-0.4, -0.2) is 58.7 Å². The molecule has 10 heteroatoms. The van der Waals surface area contributed by atoms with Crippen molar-refractivity contribution in [2.75, 3.05) is 6.61 Å². The Balaban J connectivity index is -0.000000211. The second-order valence-corrected chi connectivity index (χ2v) is 2.96. The molecule has 0 amide bonds. The number of carbonyl (C=O) groups is 1. The van der Waals surface area contributed by atoms with Gasteiger partial charge in [-0.3, -0.25) is 0 Å². The van der Waals surface area contributed by atoms with Crippen molar-refractivity contribution in [2.24, 2.45) is 0 Å². The molecule has 6 nitrogen and oxygen atoms in total.